The molecule has 1 aliphatic rings. The van der Waals surface area contributed by atoms with E-state index in [-0.39, 0.29) is 18.8 Å². The van der Waals surface area contributed by atoms with Gasteiger partial charge in [-0.15, -0.1) is 0 Å². The topological polar surface area (TPSA) is 113 Å². The minimum atomic E-state index is -1.36. The number of carbonyl (C=O) groups is 1. The summed E-state index contributed by atoms with van der Waals surface area (Å²) >= 11 is 0. The molecule has 0 spiro atoms. The molecule has 0 saturated carbocycles. The second kappa shape index (κ2) is 4.93. The van der Waals surface area contributed by atoms with Gasteiger partial charge in [0, 0.05) is 6.61 Å². The lowest BCUT2D eigenvalue weighted by atomic mass is 9.77. The Morgan fingerprint density at radius 1 is 1.60 bits per heavy atom. The van der Waals surface area contributed by atoms with E-state index in [0.717, 1.165) is 0 Å². The van der Waals surface area contributed by atoms with Gasteiger partial charge in [0.1, 0.15) is 5.54 Å². The summed E-state index contributed by atoms with van der Waals surface area (Å²) in [6, 6.07) is 0. The maximum atomic E-state index is 10.9. The highest BCUT2D eigenvalue weighted by atomic mass is 16.5. The summed E-state index contributed by atoms with van der Waals surface area (Å²) in [6.45, 7) is 0.444. The molecule has 0 amide bonds. The summed E-state index contributed by atoms with van der Waals surface area (Å²) in [5.74, 6) is -1.10. The number of nitrogens with two attached hydrogens (primary N) is 1. The van der Waals surface area contributed by atoms with Gasteiger partial charge >= 0.3 is 13.1 Å². The van der Waals surface area contributed by atoms with Gasteiger partial charge in [-0.3, -0.25) is 4.79 Å². The van der Waals surface area contributed by atoms with Crippen molar-refractivity contribution in [2.45, 2.75) is 24.7 Å². The van der Waals surface area contributed by atoms with Gasteiger partial charge in [-0.2, -0.15) is 0 Å². The van der Waals surface area contributed by atoms with Crippen LogP contribution in [0.15, 0.2) is 0 Å². The zero-order valence-corrected chi connectivity index (χ0v) is 8.43. The van der Waals surface area contributed by atoms with Crippen molar-refractivity contribution < 1.29 is 24.7 Å². The van der Waals surface area contributed by atoms with Crippen molar-refractivity contribution in [1.82, 2.24) is 0 Å². The SMILES string of the molecule is N[C@]1(C(=O)O)COC[C@@H](CCB(O)O)C1. The molecule has 15 heavy (non-hydrogen) atoms. The largest absolute Gasteiger partial charge is 0.480 e. The van der Waals surface area contributed by atoms with Crippen molar-refractivity contribution >= 4 is 13.1 Å². The molecule has 0 radical (unpaired) electrons. The third kappa shape index (κ3) is 3.46. The highest BCUT2D eigenvalue weighted by Gasteiger charge is 2.40. The number of rotatable bonds is 4. The van der Waals surface area contributed by atoms with Gasteiger partial charge in [-0.1, -0.05) is 0 Å². The Morgan fingerprint density at radius 2 is 2.27 bits per heavy atom. The summed E-state index contributed by atoms with van der Waals surface area (Å²) in [5.41, 5.74) is 4.32. The normalized spacial score (nSPS) is 31.3. The van der Waals surface area contributed by atoms with Crippen molar-refractivity contribution in [1.29, 1.82) is 0 Å². The van der Waals surface area contributed by atoms with Crippen LogP contribution < -0.4 is 5.73 Å². The van der Waals surface area contributed by atoms with Gasteiger partial charge in [-0.25, -0.2) is 0 Å². The van der Waals surface area contributed by atoms with Gasteiger partial charge in [0.15, 0.2) is 0 Å². The number of carboxylic acid groups (broad SMARTS) is 1. The van der Waals surface area contributed by atoms with E-state index in [0.29, 0.717) is 19.4 Å². The average molecular weight is 217 g/mol. The van der Waals surface area contributed by atoms with E-state index < -0.39 is 18.6 Å². The molecule has 5 N–H and O–H groups in total. The molecular formula is C8H16BNO5. The molecule has 0 unspecified atom stereocenters. The first-order valence-corrected chi connectivity index (χ1v) is 4.90. The van der Waals surface area contributed by atoms with Crippen molar-refractivity contribution in [3.05, 3.63) is 0 Å². The molecule has 1 saturated heterocycles. The minimum Gasteiger partial charge on any atom is -0.480 e. The Hall–Kier alpha value is -0.625. The average Bonchev–Trinajstić information content (AvgIpc) is 2.15. The fraction of sp³-hybridized carbons (Fsp3) is 0.875. The molecule has 86 valence electrons. The molecule has 0 aromatic heterocycles. The van der Waals surface area contributed by atoms with Crippen molar-refractivity contribution in [3.8, 4) is 0 Å². The Kier molecular flexibility index (Phi) is 4.09. The molecule has 7 heteroatoms. The lowest BCUT2D eigenvalue weighted by molar-refractivity contribution is -0.150. The summed E-state index contributed by atoms with van der Waals surface area (Å²) in [5, 5.41) is 26.3. The van der Waals surface area contributed by atoms with Crippen LogP contribution in [0, 0.1) is 5.92 Å². The number of ether oxygens (including phenoxy) is 1. The van der Waals surface area contributed by atoms with Gasteiger partial charge in [0.05, 0.1) is 6.61 Å². The second-order valence-electron chi connectivity index (χ2n) is 4.10. The molecule has 1 fully saturated rings. The van der Waals surface area contributed by atoms with Crippen LogP contribution in [-0.4, -0.2) is 47.0 Å². The van der Waals surface area contributed by atoms with Crippen LogP contribution >= 0.6 is 0 Å². The lowest BCUT2D eigenvalue weighted by Crippen LogP contribution is -2.56. The van der Waals surface area contributed by atoms with Crippen LogP contribution in [0.1, 0.15) is 12.8 Å². The summed E-state index contributed by atoms with van der Waals surface area (Å²) in [6.07, 6.45) is 1.03. The third-order valence-electron chi connectivity index (χ3n) is 2.63. The fourth-order valence-electron chi connectivity index (χ4n) is 1.76. The van der Waals surface area contributed by atoms with Crippen LogP contribution in [0.25, 0.3) is 0 Å². The highest BCUT2D eigenvalue weighted by molar-refractivity contribution is 6.40. The molecule has 1 aliphatic heterocycles. The fourth-order valence-corrected chi connectivity index (χ4v) is 1.76. The quantitative estimate of drug-likeness (QED) is 0.434. The molecule has 0 aliphatic carbocycles. The van der Waals surface area contributed by atoms with Gasteiger partial charge in [0.25, 0.3) is 0 Å². The maximum absolute atomic E-state index is 10.9. The van der Waals surface area contributed by atoms with Crippen LogP contribution in [0.2, 0.25) is 6.32 Å². The first kappa shape index (κ1) is 12.4. The molecule has 1 rings (SSSR count). The van der Waals surface area contributed by atoms with E-state index >= 15 is 0 Å². The van der Waals surface area contributed by atoms with E-state index in [9.17, 15) is 4.79 Å². The van der Waals surface area contributed by atoms with E-state index in [1.807, 2.05) is 0 Å². The van der Waals surface area contributed by atoms with Crippen LogP contribution in [0.5, 0.6) is 0 Å². The zero-order valence-electron chi connectivity index (χ0n) is 8.43. The predicted octanol–water partition coefficient (Wildman–Crippen LogP) is -1.33. The first-order chi connectivity index (χ1) is 6.94. The van der Waals surface area contributed by atoms with Crippen molar-refractivity contribution in [2.75, 3.05) is 13.2 Å². The Balaban J connectivity index is 2.45. The predicted molar refractivity (Wildman–Crippen MR) is 53.1 cm³/mol. The molecule has 0 aromatic rings. The van der Waals surface area contributed by atoms with Gasteiger partial charge in [0.2, 0.25) is 0 Å². The molecule has 0 aromatic carbocycles. The van der Waals surface area contributed by atoms with E-state index in [1.54, 1.807) is 0 Å². The third-order valence-corrected chi connectivity index (χ3v) is 2.63. The van der Waals surface area contributed by atoms with Crippen LogP contribution in [0.4, 0.5) is 0 Å². The first-order valence-electron chi connectivity index (χ1n) is 4.90. The van der Waals surface area contributed by atoms with E-state index in [1.165, 1.54) is 0 Å². The van der Waals surface area contributed by atoms with Crippen LogP contribution in [-0.2, 0) is 9.53 Å². The van der Waals surface area contributed by atoms with E-state index in [2.05, 4.69) is 0 Å². The van der Waals surface area contributed by atoms with Gasteiger partial charge < -0.3 is 25.6 Å². The smallest absolute Gasteiger partial charge is 0.451 e. The molecule has 6 nitrogen and oxygen atoms in total. The number of aliphatic carboxylic acids is 1. The number of hydrogen-bond acceptors (Lipinski definition) is 5. The number of carboxylic acids is 1. The van der Waals surface area contributed by atoms with Crippen LogP contribution in [0.3, 0.4) is 0 Å². The number of hydrogen-bond donors (Lipinski definition) is 4. The summed E-state index contributed by atoms with van der Waals surface area (Å²) in [4.78, 5) is 10.9. The highest BCUT2D eigenvalue weighted by Crippen LogP contribution is 2.25. The summed E-state index contributed by atoms with van der Waals surface area (Å²) in [7, 11) is -1.36. The maximum Gasteiger partial charge on any atom is 0.451 e. The Morgan fingerprint density at radius 3 is 2.80 bits per heavy atom. The zero-order chi connectivity index (χ0) is 11.5. The monoisotopic (exact) mass is 217 g/mol. The van der Waals surface area contributed by atoms with E-state index in [4.69, 9.17) is 25.6 Å². The van der Waals surface area contributed by atoms with Crippen molar-refractivity contribution in [3.63, 3.8) is 0 Å². The molecule has 1 heterocycles. The van der Waals surface area contributed by atoms with Gasteiger partial charge in [-0.05, 0) is 25.1 Å². The lowest BCUT2D eigenvalue weighted by Gasteiger charge is -2.34. The Labute approximate surface area is 88.2 Å². The second-order valence-corrected chi connectivity index (χ2v) is 4.10. The Bertz CT molecular complexity index is 237. The molecular weight excluding hydrogens is 201 g/mol. The summed E-state index contributed by atoms with van der Waals surface area (Å²) < 4.78 is 5.12. The minimum absolute atomic E-state index is 0.0144. The standard InChI is InChI=1S/C8H16BNO5/c10-8(7(11)12)3-6(4-15-5-8)1-2-9(13)14/h6,13-14H,1-5,10H2,(H,11,12)/t6-,8-/m0/s1. The molecule has 0 bridgehead atoms. The molecule has 2 atom stereocenters. The van der Waals surface area contributed by atoms with Crippen molar-refractivity contribution in [2.24, 2.45) is 11.7 Å².